The highest BCUT2D eigenvalue weighted by molar-refractivity contribution is 5.28. The third-order valence-corrected chi connectivity index (χ3v) is 2.61. The van der Waals surface area contributed by atoms with Crippen molar-refractivity contribution in [3.8, 4) is 0 Å². The van der Waals surface area contributed by atoms with Crippen LogP contribution in [0.2, 0.25) is 0 Å². The molecule has 1 N–H and O–H groups in total. The molecule has 1 atom stereocenters. The zero-order valence-corrected chi connectivity index (χ0v) is 10.1. The summed E-state index contributed by atoms with van der Waals surface area (Å²) in [6, 6.07) is 0.885. The Bertz CT molecular complexity index is 301. The quantitative estimate of drug-likeness (QED) is 0.764. The maximum atomic E-state index is 8.94. The molecule has 0 bridgehead atoms. The SMILES string of the molecule is CCC(C)N(CCOC)c1nc(CO)co1. The number of hydrogen-bond donors (Lipinski definition) is 1. The Morgan fingerprint density at radius 3 is 2.88 bits per heavy atom. The van der Waals surface area contributed by atoms with Crippen molar-refractivity contribution in [3.63, 3.8) is 0 Å². The minimum absolute atomic E-state index is 0.0951. The summed E-state index contributed by atoms with van der Waals surface area (Å²) < 4.78 is 10.4. The molecule has 0 aliphatic heterocycles. The summed E-state index contributed by atoms with van der Waals surface area (Å²) in [5, 5.41) is 8.94. The highest BCUT2D eigenvalue weighted by atomic mass is 16.5. The van der Waals surface area contributed by atoms with Crippen LogP contribution in [0.25, 0.3) is 0 Å². The first-order chi connectivity index (χ1) is 7.72. The molecule has 1 rings (SSSR count). The number of aliphatic hydroxyl groups is 1. The zero-order valence-electron chi connectivity index (χ0n) is 10.1. The van der Waals surface area contributed by atoms with Crippen LogP contribution in [0.1, 0.15) is 26.0 Å². The summed E-state index contributed by atoms with van der Waals surface area (Å²) in [7, 11) is 1.67. The van der Waals surface area contributed by atoms with Crippen molar-refractivity contribution in [1.29, 1.82) is 0 Å². The van der Waals surface area contributed by atoms with Gasteiger partial charge in [0.1, 0.15) is 12.0 Å². The van der Waals surface area contributed by atoms with Gasteiger partial charge in [-0.25, -0.2) is 0 Å². The maximum absolute atomic E-state index is 8.94. The van der Waals surface area contributed by atoms with E-state index in [4.69, 9.17) is 14.3 Å². The Balaban J connectivity index is 2.74. The molecule has 0 fully saturated rings. The summed E-state index contributed by atoms with van der Waals surface area (Å²) in [5.41, 5.74) is 0.556. The fourth-order valence-corrected chi connectivity index (χ4v) is 1.42. The van der Waals surface area contributed by atoms with Crippen molar-refractivity contribution < 1.29 is 14.3 Å². The van der Waals surface area contributed by atoms with Crippen LogP contribution in [-0.2, 0) is 11.3 Å². The first kappa shape index (κ1) is 13.0. The molecule has 0 saturated carbocycles. The second kappa shape index (κ2) is 6.50. The molecule has 5 nitrogen and oxygen atoms in total. The van der Waals surface area contributed by atoms with Crippen LogP contribution in [0, 0.1) is 0 Å². The Morgan fingerprint density at radius 1 is 1.62 bits per heavy atom. The number of nitrogens with zero attached hydrogens (tertiary/aromatic N) is 2. The monoisotopic (exact) mass is 228 g/mol. The van der Waals surface area contributed by atoms with Crippen molar-refractivity contribution in [3.05, 3.63) is 12.0 Å². The highest BCUT2D eigenvalue weighted by Crippen LogP contribution is 2.17. The van der Waals surface area contributed by atoms with Gasteiger partial charge in [0.05, 0.1) is 13.2 Å². The molecule has 92 valence electrons. The fourth-order valence-electron chi connectivity index (χ4n) is 1.42. The van der Waals surface area contributed by atoms with E-state index in [1.165, 1.54) is 6.26 Å². The predicted octanol–water partition coefficient (Wildman–Crippen LogP) is 1.42. The molecule has 1 aromatic rings. The lowest BCUT2D eigenvalue weighted by Crippen LogP contribution is -2.35. The van der Waals surface area contributed by atoms with Gasteiger partial charge in [0.2, 0.25) is 0 Å². The zero-order chi connectivity index (χ0) is 12.0. The average molecular weight is 228 g/mol. The summed E-state index contributed by atoms with van der Waals surface area (Å²) >= 11 is 0. The van der Waals surface area contributed by atoms with E-state index in [1.54, 1.807) is 7.11 Å². The number of methoxy groups -OCH3 is 1. The Morgan fingerprint density at radius 2 is 2.38 bits per heavy atom. The van der Waals surface area contributed by atoms with Crippen LogP contribution in [0.3, 0.4) is 0 Å². The topological polar surface area (TPSA) is 58.7 Å². The van der Waals surface area contributed by atoms with Gasteiger partial charge in [0, 0.05) is 19.7 Å². The number of rotatable bonds is 7. The second-order valence-electron chi connectivity index (χ2n) is 3.72. The molecule has 5 heteroatoms. The summed E-state index contributed by atoms with van der Waals surface area (Å²) in [6.45, 7) is 5.49. The van der Waals surface area contributed by atoms with Gasteiger partial charge < -0.3 is 19.2 Å². The highest BCUT2D eigenvalue weighted by Gasteiger charge is 2.17. The van der Waals surface area contributed by atoms with Gasteiger partial charge >= 0.3 is 0 Å². The number of aromatic nitrogens is 1. The summed E-state index contributed by atoms with van der Waals surface area (Å²) in [6.07, 6.45) is 2.48. The largest absolute Gasteiger partial charge is 0.432 e. The van der Waals surface area contributed by atoms with E-state index in [9.17, 15) is 0 Å². The lowest BCUT2D eigenvalue weighted by Gasteiger charge is -2.26. The van der Waals surface area contributed by atoms with Gasteiger partial charge in [-0.3, -0.25) is 0 Å². The van der Waals surface area contributed by atoms with E-state index < -0.39 is 0 Å². The standard InChI is InChI=1S/C11H20N2O3/c1-4-9(2)13(5-6-15-3)11-12-10(7-14)8-16-11/h8-9,14H,4-7H2,1-3H3. The number of oxazole rings is 1. The van der Waals surface area contributed by atoms with Gasteiger partial charge in [-0.05, 0) is 13.3 Å². The Kier molecular flexibility index (Phi) is 5.28. The lowest BCUT2D eigenvalue weighted by atomic mass is 10.2. The Labute approximate surface area is 96.0 Å². The molecule has 0 aromatic carbocycles. The fraction of sp³-hybridized carbons (Fsp3) is 0.727. The lowest BCUT2D eigenvalue weighted by molar-refractivity contribution is 0.201. The number of anilines is 1. The summed E-state index contributed by atoms with van der Waals surface area (Å²) in [4.78, 5) is 6.25. The molecular weight excluding hydrogens is 208 g/mol. The van der Waals surface area contributed by atoms with Crippen molar-refractivity contribution in [2.45, 2.75) is 32.9 Å². The predicted molar refractivity (Wildman–Crippen MR) is 61.4 cm³/mol. The molecule has 0 amide bonds. The van der Waals surface area contributed by atoms with E-state index in [0.29, 0.717) is 24.4 Å². The number of aliphatic hydroxyl groups excluding tert-OH is 1. The van der Waals surface area contributed by atoms with Gasteiger partial charge in [-0.15, -0.1) is 0 Å². The number of hydrogen-bond acceptors (Lipinski definition) is 5. The number of ether oxygens (including phenoxy) is 1. The van der Waals surface area contributed by atoms with E-state index in [2.05, 4.69) is 18.8 Å². The first-order valence-electron chi connectivity index (χ1n) is 5.53. The van der Waals surface area contributed by atoms with Crippen LogP contribution in [0.5, 0.6) is 0 Å². The van der Waals surface area contributed by atoms with Crippen molar-refractivity contribution in [2.24, 2.45) is 0 Å². The smallest absolute Gasteiger partial charge is 0.297 e. The molecule has 0 radical (unpaired) electrons. The Hall–Kier alpha value is -1.07. The third kappa shape index (κ3) is 3.21. The molecule has 0 saturated heterocycles. The van der Waals surface area contributed by atoms with E-state index in [1.807, 2.05) is 4.90 Å². The van der Waals surface area contributed by atoms with Gasteiger partial charge in [0.15, 0.2) is 0 Å². The van der Waals surface area contributed by atoms with Gasteiger partial charge in [-0.1, -0.05) is 6.92 Å². The molecule has 1 heterocycles. The molecule has 0 spiro atoms. The van der Waals surface area contributed by atoms with E-state index in [-0.39, 0.29) is 6.61 Å². The van der Waals surface area contributed by atoms with Gasteiger partial charge in [0.25, 0.3) is 6.01 Å². The molecule has 0 aliphatic carbocycles. The van der Waals surface area contributed by atoms with Crippen molar-refractivity contribution in [2.75, 3.05) is 25.2 Å². The van der Waals surface area contributed by atoms with Crippen LogP contribution in [-0.4, -0.2) is 36.4 Å². The third-order valence-electron chi connectivity index (χ3n) is 2.61. The van der Waals surface area contributed by atoms with Crippen LogP contribution in [0.4, 0.5) is 6.01 Å². The average Bonchev–Trinajstić information content (AvgIpc) is 2.77. The molecule has 16 heavy (non-hydrogen) atoms. The first-order valence-corrected chi connectivity index (χ1v) is 5.53. The van der Waals surface area contributed by atoms with Gasteiger partial charge in [-0.2, -0.15) is 4.98 Å². The van der Waals surface area contributed by atoms with Crippen LogP contribution >= 0.6 is 0 Å². The van der Waals surface area contributed by atoms with E-state index >= 15 is 0 Å². The normalized spacial score (nSPS) is 12.8. The van der Waals surface area contributed by atoms with Crippen LogP contribution < -0.4 is 4.90 Å². The molecule has 1 unspecified atom stereocenters. The van der Waals surface area contributed by atoms with Crippen molar-refractivity contribution in [1.82, 2.24) is 4.98 Å². The van der Waals surface area contributed by atoms with E-state index in [0.717, 1.165) is 13.0 Å². The molecule has 1 aromatic heterocycles. The second-order valence-corrected chi connectivity index (χ2v) is 3.72. The molecular formula is C11H20N2O3. The van der Waals surface area contributed by atoms with Crippen LogP contribution in [0.15, 0.2) is 10.7 Å². The minimum Gasteiger partial charge on any atom is -0.432 e. The minimum atomic E-state index is -0.0951. The maximum Gasteiger partial charge on any atom is 0.297 e. The summed E-state index contributed by atoms with van der Waals surface area (Å²) in [5.74, 6) is 0. The molecule has 0 aliphatic rings. The van der Waals surface area contributed by atoms with Crippen molar-refractivity contribution >= 4 is 6.01 Å².